The van der Waals surface area contributed by atoms with Crippen LogP contribution in [0.25, 0.3) is 0 Å². The van der Waals surface area contributed by atoms with Crippen LogP contribution in [0.1, 0.15) is 11.1 Å². The Hall–Kier alpha value is -1.82. The number of nitrogens with zero attached hydrogens (tertiary/aromatic N) is 1. The Morgan fingerprint density at radius 2 is 1.57 bits per heavy atom. The number of halogens is 3. The van der Waals surface area contributed by atoms with Crippen molar-refractivity contribution >= 4 is 17.4 Å². The molecule has 2 aromatic rings. The van der Waals surface area contributed by atoms with Gasteiger partial charge in [0.25, 0.3) is 0 Å². The van der Waals surface area contributed by atoms with E-state index in [4.69, 9.17) is 0 Å². The Morgan fingerprint density at radius 1 is 0.952 bits per heavy atom. The van der Waals surface area contributed by atoms with Crippen LogP contribution in [0.3, 0.4) is 0 Å². The maximum absolute atomic E-state index is 12.4. The van der Waals surface area contributed by atoms with Crippen LogP contribution in [0.4, 0.5) is 18.9 Å². The van der Waals surface area contributed by atoms with Crippen molar-refractivity contribution in [3.8, 4) is 0 Å². The van der Waals surface area contributed by atoms with Crippen molar-refractivity contribution in [3.63, 3.8) is 0 Å². The molecule has 6 heteroatoms. The first-order valence-corrected chi connectivity index (χ1v) is 7.20. The largest absolute Gasteiger partial charge is 0.416 e. The molecule has 0 amide bonds. The van der Waals surface area contributed by atoms with Crippen molar-refractivity contribution in [2.45, 2.75) is 17.5 Å². The van der Waals surface area contributed by atoms with Gasteiger partial charge in [0.1, 0.15) is 5.69 Å². The molecule has 0 N–H and O–H groups in total. The number of rotatable bonds is 5. The minimum absolute atomic E-state index is 0.377. The van der Waals surface area contributed by atoms with E-state index in [2.05, 4.69) is 5.18 Å². The van der Waals surface area contributed by atoms with Gasteiger partial charge in [-0.2, -0.15) is 13.2 Å². The molecule has 0 atom stereocenters. The van der Waals surface area contributed by atoms with E-state index in [-0.39, 0.29) is 0 Å². The highest BCUT2D eigenvalue weighted by molar-refractivity contribution is 7.99. The fourth-order valence-corrected chi connectivity index (χ4v) is 2.65. The van der Waals surface area contributed by atoms with Gasteiger partial charge in [0.05, 0.1) is 5.56 Å². The number of nitroso groups, excluding NO2 is 1. The van der Waals surface area contributed by atoms with Gasteiger partial charge in [-0.25, -0.2) is 0 Å². The van der Waals surface area contributed by atoms with Crippen LogP contribution in [0, 0.1) is 4.91 Å². The molecule has 2 rings (SSSR count). The summed E-state index contributed by atoms with van der Waals surface area (Å²) in [5.74, 6) is 0.749. The Kier molecular flexibility index (Phi) is 5.01. The van der Waals surface area contributed by atoms with E-state index in [1.54, 1.807) is 36.0 Å². The fraction of sp³-hybridized carbons (Fsp3) is 0.200. The average molecular weight is 311 g/mol. The highest BCUT2D eigenvalue weighted by atomic mass is 32.2. The van der Waals surface area contributed by atoms with Gasteiger partial charge in [0, 0.05) is 10.6 Å². The summed E-state index contributed by atoms with van der Waals surface area (Å²) in [6.45, 7) is 0. The number of alkyl halides is 3. The number of hydrogen-bond acceptors (Lipinski definition) is 3. The molecule has 0 spiro atoms. The summed E-state index contributed by atoms with van der Waals surface area (Å²) < 4.78 is 37.3. The molecular formula is C15H12F3NOS. The highest BCUT2D eigenvalue weighted by Gasteiger charge is 2.29. The van der Waals surface area contributed by atoms with E-state index in [1.165, 1.54) is 12.1 Å². The summed E-state index contributed by atoms with van der Waals surface area (Å²) in [5, 5.41) is 2.82. The lowest BCUT2D eigenvalue weighted by molar-refractivity contribution is -0.137. The van der Waals surface area contributed by atoms with Gasteiger partial charge in [-0.3, -0.25) is 0 Å². The smallest absolute Gasteiger partial charge is 0.166 e. The summed E-state index contributed by atoms with van der Waals surface area (Å²) in [7, 11) is 0. The lowest BCUT2D eigenvalue weighted by atomic mass is 10.1. The predicted molar refractivity (Wildman–Crippen MR) is 77.8 cm³/mol. The number of thioether (sulfide) groups is 1. The van der Waals surface area contributed by atoms with Crippen LogP contribution in [0.5, 0.6) is 0 Å². The number of aryl methyl sites for hydroxylation is 1. The molecule has 110 valence electrons. The molecule has 0 heterocycles. The van der Waals surface area contributed by atoms with Crippen molar-refractivity contribution in [2.75, 3.05) is 5.75 Å². The van der Waals surface area contributed by atoms with E-state index in [0.29, 0.717) is 12.1 Å². The molecule has 0 aliphatic rings. The van der Waals surface area contributed by atoms with Crippen molar-refractivity contribution in [3.05, 3.63) is 64.6 Å². The van der Waals surface area contributed by atoms with Crippen LogP contribution in [0.15, 0.2) is 58.6 Å². The second-order valence-electron chi connectivity index (χ2n) is 4.38. The van der Waals surface area contributed by atoms with Crippen LogP contribution < -0.4 is 0 Å². The van der Waals surface area contributed by atoms with Crippen molar-refractivity contribution in [2.24, 2.45) is 5.18 Å². The number of hydrogen-bond donors (Lipinski definition) is 0. The summed E-state index contributed by atoms with van der Waals surface area (Å²) >= 11 is 1.58. The maximum Gasteiger partial charge on any atom is 0.416 e. The Balaban J connectivity index is 1.86. The predicted octanol–water partition coefficient (Wildman–Crippen LogP) is 5.44. The zero-order chi connectivity index (χ0) is 15.3. The molecule has 0 radical (unpaired) electrons. The Bertz CT molecular complexity index is 594. The molecule has 0 aliphatic heterocycles. The second kappa shape index (κ2) is 6.76. The normalized spacial score (nSPS) is 11.4. The van der Waals surface area contributed by atoms with E-state index in [9.17, 15) is 18.1 Å². The second-order valence-corrected chi connectivity index (χ2v) is 5.55. The zero-order valence-corrected chi connectivity index (χ0v) is 11.7. The molecule has 0 bridgehead atoms. The summed E-state index contributed by atoms with van der Waals surface area (Å²) in [5.41, 5.74) is 0.611. The average Bonchev–Trinajstić information content (AvgIpc) is 2.47. The third-order valence-electron chi connectivity index (χ3n) is 2.88. The first-order valence-electron chi connectivity index (χ1n) is 6.21. The molecule has 0 saturated heterocycles. The summed E-state index contributed by atoms with van der Waals surface area (Å²) in [6, 6.07) is 12.1. The lowest BCUT2D eigenvalue weighted by Gasteiger charge is -2.07. The van der Waals surface area contributed by atoms with Crippen LogP contribution >= 0.6 is 11.8 Å². The van der Waals surface area contributed by atoms with E-state index >= 15 is 0 Å². The Morgan fingerprint density at radius 3 is 2.10 bits per heavy atom. The van der Waals surface area contributed by atoms with Gasteiger partial charge in [0.15, 0.2) is 0 Å². The first-order chi connectivity index (χ1) is 9.99. The fourth-order valence-electron chi connectivity index (χ4n) is 1.75. The van der Waals surface area contributed by atoms with Gasteiger partial charge in [-0.15, -0.1) is 16.7 Å². The van der Waals surface area contributed by atoms with E-state index < -0.39 is 11.7 Å². The molecule has 2 nitrogen and oxygen atoms in total. The minimum Gasteiger partial charge on any atom is -0.166 e. The Labute approximate surface area is 124 Å². The standard InChI is InChI=1S/C15H12F3NOS/c16-15(17,18)12-3-1-11(2-4-12)9-10-21-14-7-5-13(19-20)6-8-14/h1-8H,9-10H2. The molecule has 21 heavy (non-hydrogen) atoms. The third-order valence-corrected chi connectivity index (χ3v) is 3.90. The van der Waals surface area contributed by atoms with Gasteiger partial charge in [-0.1, -0.05) is 12.1 Å². The molecule has 0 unspecified atom stereocenters. The van der Waals surface area contributed by atoms with Crippen LogP contribution in [-0.2, 0) is 12.6 Å². The molecule has 0 aromatic heterocycles. The zero-order valence-electron chi connectivity index (χ0n) is 10.9. The first kappa shape index (κ1) is 15.6. The van der Waals surface area contributed by atoms with Gasteiger partial charge < -0.3 is 0 Å². The van der Waals surface area contributed by atoms with Crippen LogP contribution in [-0.4, -0.2) is 5.75 Å². The SMILES string of the molecule is O=Nc1ccc(SCCc2ccc(C(F)(F)F)cc2)cc1. The van der Waals surface area contributed by atoms with E-state index in [1.807, 2.05) is 0 Å². The topological polar surface area (TPSA) is 29.4 Å². The van der Waals surface area contributed by atoms with Crippen molar-refractivity contribution in [1.82, 2.24) is 0 Å². The summed E-state index contributed by atoms with van der Waals surface area (Å²) in [4.78, 5) is 11.3. The molecule has 2 aromatic carbocycles. The highest BCUT2D eigenvalue weighted by Crippen LogP contribution is 2.29. The molecule has 0 aliphatic carbocycles. The van der Waals surface area contributed by atoms with Gasteiger partial charge in [-0.05, 0) is 53.6 Å². The number of benzene rings is 2. The lowest BCUT2D eigenvalue weighted by Crippen LogP contribution is -2.04. The van der Waals surface area contributed by atoms with E-state index in [0.717, 1.165) is 28.3 Å². The quantitative estimate of drug-likeness (QED) is 0.543. The maximum atomic E-state index is 12.4. The molecule has 0 fully saturated rings. The van der Waals surface area contributed by atoms with Crippen molar-refractivity contribution < 1.29 is 13.2 Å². The third kappa shape index (κ3) is 4.60. The summed E-state index contributed by atoms with van der Waals surface area (Å²) in [6.07, 6.45) is -3.61. The molecular weight excluding hydrogens is 299 g/mol. The van der Waals surface area contributed by atoms with Crippen LogP contribution in [0.2, 0.25) is 0 Å². The monoisotopic (exact) mass is 311 g/mol. The van der Waals surface area contributed by atoms with Crippen molar-refractivity contribution in [1.29, 1.82) is 0 Å². The van der Waals surface area contributed by atoms with Gasteiger partial charge in [0.2, 0.25) is 0 Å². The van der Waals surface area contributed by atoms with Gasteiger partial charge >= 0.3 is 6.18 Å². The minimum atomic E-state index is -4.29. The molecule has 0 saturated carbocycles.